The van der Waals surface area contributed by atoms with Crippen LogP contribution in [-0.4, -0.2) is 15.9 Å². The largest absolute Gasteiger partial charge is 0.493 e. The van der Waals surface area contributed by atoms with E-state index in [2.05, 4.69) is 27.5 Å². The Morgan fingerprint density at radius 2 is 2.29 bits per heavy atom. The summed E-state index contributed by atoms with van der Waals surface area (Å²) in [6.45, 7) is 3.87. The molecule has 0 aliphatic carbocycles. The molecular formula is C15H11BrN2O2S. The Bertz CT molecular complexity index is 846. The van der Waals surface area contributed by atoms with Crippen LogP contribution in [0.15, 0.2) is 45.1 Å². The van der Waals surface area contributed by atoms with E-state index in [-0.39, 0.29) is 10.8 Å². The Morgan fingerprint density at radius 3 is 3.05 bits per heavy atom. The van der Waals surface area contributed by atoms with Gasteiger partial charge in [0.05, 0.1) is 10.6 Å². The highest BCUT2D eigenvalue weighted by atomic mass is 79.9. The normalized spacial score (nSPS) is 14.6. The molecule has 0 saturated carbocycles. The minimum Gasteiger partial charge on any atom is -0.493 e. The van der Waals surface area contributed by atoms with Crippen LogP contribution < -0.4 is 4.87 Å². The molecule has 0 radical (unpaired) electrons. The molecule has 1 aromatic heterocycles. The minimum absolute atomic E-state index is 0.0331. The molecule has 0 saturated heterocycles. The lowest BCUT2D eigenvalue weighted by atomic mass is 10.1. The average Bonchev–Trinajstić information content (AvgIpc) is 2.96. The van der Waals surface area contributed by atoms with Crippen molar-refractivity contribution in [2.75, 3.05) is 0 Å². The van der Waals surface area contributed by atoms with Gasteiger partial charge in [0.1, 0.15) is 0 Å². The molecule has 0 amide bonds. The first kappa shape index (κ1) is 14.0. The van der Waals surface area contributed by atoms with Crippen molar-refractivity contribution in [3.8, 4) is 5.88 Å². The molecule has 1 aliphatic heterocycles. The lowest BCUT2D eigenvalue weighted by molar-refractivity contribution is 0.422. The van der Waals surface area contributed by atoms with Crippen LogP contribution in [0.5, 0.6) is 5.88 Å². The van der Waals surface area contributed by atoms with E-state index >= 15 is 0 Å². The van der Waals surface area contributed by atoms with E-state index in [1.54, 1.807) is 18.4 Å². The van der Waals surface area contributed by atoms with E-state index in [0.717, 1.165) is 32.6 Å². The van der Waals surface area contributed by atoms with Gasteiger partial charge in [-0.15, -0.1) is 6.58 Å². The first-order valence-electron chi connectivity index (χ1n) is 6.19. The molecule has 1 aliphatic rings. The SMILES string of the molecule is C=CCn1c(O)c(C=C2C=Nc3ccc(Br)cc32)sc1=O. The van der Waals surface area contributed by atoms with Gasteiger partial charge in [-0.3, -0.25) is 14.4 Å². The van der Waals surface area contributed by atoms with E-state index < -0.39 is 0 Å². The maximum atomic E-state index is 11.8. The highest BCUT2D eigenvalue weighted by Gasteiger charge is 2.16. The van der Waals surface area contributed by atoms with E-state index in [1.807, 2.05) is 18.2 Å². The molecule has 1 N–H and O–H groups in total. The van der Waals surface area contributed by atoms with Gasteiger partial charge in [-0.2, -0.15) is 0 Å². The van der Waals surface area contributed by atoms with Gasteiger partial charge in [-0.05, 0) is 24.3 Å². The van der Waals surface area contributed by atoms with E-state index in [9.17, 15) is 9.90 Å². The molecule has 21 heavy (non-hydrogen) atoms. The van der Waals surface area contributed by atoms with Gasteiger partial charge in [-0.25, -0.2) is 0 Å². The van der Waals surface area contributed by atoms with Gasteiger partial charge < -0.3 is 5.11 Å². The Balaban J connectivity index is 2.08. The number of aliphatic imine (C=N–C) groups is 1. The first-order chi connectivity index (χ1) is 10.1. The number of fused-ring (bicyclic) bond motifs is 1. The molecule has 106 valence electrons. The average molecular weight is 363 g/mol. The quantitative estimate of drug-likeness (QED) is 0.843. The molecule has 0 atom stereocenters. The van der Waals surface area contributed by atoms with Crippen LogP contribution in [0.2, 0.25) is 0 Å². The summed E-state index contributed by atoms with van der Waals surface area (Å²) in [7, 11) is 0. The smallest absolute Gasteiger partial charge is 0.310 e. The summed E-state index contributed by atoms with van der Waals surface area (Å²) in [5, 5.41) is 10.1. The second-order valence-electron chi connectivity index (χ2n) is 4.47. The molecule has 3 rings (SSSR count). The Kier molecular flexibility index (Phi) is 3.65. The lowest BCUT2D eigenvalue weighted by Gasteiger charge is -2.01. The van der Waals surface area contributed by atoms with Crippen molar-refractivity contribution in [1.29, 1.82) is 0 Å². The van der Waals surface area contributed by atoms with Gasteiger partial charge in [0.2, 0.25) is 5.88 Å². The van der Waals surface area contributed by atoms with Crippen LogP contribution in [0.4, 0.5) is 5.69 Å². The molecule has 2 aromatic rings. The Labute approximate surface area is 133 Å². The topological polar surface area (TPSA) is 54.6 Å². The van der Waals surface area contributed by atoms with Crippen LogP contribution in [0.1, 0.15) is 10.4 Å². The predicted molar refractivity (Wildman–Crippen MR) is 90.6 cm³/mol. The zero-order valence-corrected chi connectivity index (χ0v) is 13.3. The van der Waals surface area contributed by atoms with E-state index in [4.69, 9.17) is 0 Å². The predicted octanol–water partition coefficient (Wildman–Crippen LogP) is 3.82. The lowest BCUT2D eigenvalue weighted by Crippen LogP contribution is -2.10. The number of thiazole rings is 1. The number of hydrogen-bond acceptors (Lipinski definition) is 4. The molecule has 0 spiro atoms. The summed E-state index contributed by atoms with van der Waals surface area (Å²) in [6.07, 6.45) is 5.09. The summed E-state index contributed by atoms with van der Waals surface area (Å²) >= 11 is 4.44. The third kappa shape index (κ3) is 2.52. The zero-order valence-electron chi connectivity index (χ0n) is 10.9. The van der Waals surface area contributed by atoms with Crippen LogP contribution in [-0.2, 0) is 6.54 Å². The zero-order chi connectivity index (χ0) is 15.0. The van der Waals surface area contributed by atoms with Crippen molar-refractivity contribution < 1.29 is 5.11 Å². The van der Waals surface area contributed by atoms with Crippen molar-refractivity contribution >= 4 is 50.8 Å². The molecular weight excluding hydrogens is 352 g/mol. The highest BCUT2D eigenvalue weighted by molar-refractivity contribution is 9.10. The number of allylic oxidation sites excluding steroid dienone is 2. The molecule has 0 bridgehead atoms. The number of benzene rings is 1. The highest BCUT2D eigenvalue weighted by Crippen LogP contribution is 2.36. The number of rotatable bonds is 3. The fraction of sp³-hybridized carbons (Fsp3) is 0.0667. The summed E-state index contributed by atoms with van der Waals surface area (Å²) in [6, 6.07) is 5.81. The van der Waals surface area contributed by atoms with Crippen molar-refractivity contribution in [1.82, 2.24) is 4.57 Å². The fourth-order valence-electron chi connectivity index (χ4n) is 2.12. The Morgan fingerprint density at radius 1 is 1.48 bits per heavy atom. The second kappa shape index (κ2) is 5.46. The molecule has 0 fully saturated rings. The fourth-order valence-corrected chi connectivity index (χ4v) is 3.32. The maximum absolute atomic E-state index is 11.8. The van der Waals surface area contributed by atoms with E-state index in [0.29, 0.717) is 11.4 Å². The number of aromatic nitrogens is 1. The summed E-state index contributed by atoms with van der Waals surface area (Å²) < 4.78 is 2.25. The Hall–Kier alpha value is -1.92. The monoisotopic (exact) mass is 362 g/mol. The van der Waals surface area contributed by atoms with Crippen LogP contribution in [0.25, 0.3) is 11.6 Å². The third-order valence-electron chi connectivity index (χ3n) is 3.10. The van der Waals surface area contributed by atoms with Crippen molar-refractivity contribution in [3.63, 3.8) is 0 Å². The van der Waals surface area contributed by atoms with Crippen LogP contribution in [0, 0.1) is 0 Å². The maximum Gasteiger partial charge on any atom is 0.310 e. The van der Waals surface area contributed by atoms with Crippen molar-refractivity contribution in [2.45, 2.75) is 6.54 Å². The van der Waals surface area contributed by atoms with Gasteiger partial charge in [0.15, 0.2) is 0 Å². The van der Waals surface area contributed by atoms with Gasteiger partial charge in [0, 0.05) is 28.4 Å². The van der Waals surface area contributed by atoms with Gasteiger partial charge in [-0.1, -0.05) is 33.3 Å². The number of hydrogen-bond donors (Lipinski definition) is 1. The van der Waals surface area contributed by atoms with Gasteiger partial charge in [0.25, 0.3) is 0 Å². The number of halogens is 1. The van der Waals surface area contributed by atoms with Gasteiger partial charge >= 0.3 is 4.87 Å². The van der Waals surface area contributed by atoms with E-state index in [1.165, 1.54) is 4.57 Å². The van der Waals surface area contributed by atoms with Crippen LogP contribution in [0.3, 0.4) is 0 Å². The molecule has 4 nitrogen and oxygen atoms in total. The molecule has 6 heteroatoms. The molecule has 1 aromatic carbocycles. The summed E-state index contributed by atoms with van der Waals surface area (Å²) in [5.74, 6) is -0.0331. The number of aromatic hydroxyl groups is 1. The molecule has 2 heterocycles. The standard InChI is InChI=1S/C15H11BrN2O2S/c1-2-5-18-14(19)13(21-15(18)20)6-9-8-17-12-4-3-10(16)7-11(9)12/h2-4,6-8,19H,1,5H2. The minimum atomic E-state index is -0.205. The molecule has 0 unspecified atom stereocenters. The summed E-state index contributed by atoms with van der Waals surface area (Å²) in [4.78, 5) is 16.5. The van der Waals surface area contributed by atoms with Crippen molar-refractivity contribution in [3.05, 3.63) is 55.4 Å². The second-order valence-corrected chi connectivity index (χ2v) is 6.38. The first-order valence-corrected chi connectivity index (χ1v) is 7.80. The van der Waals surface area contributed by atoms with Crippen molar-refractivity contribution in [2.24, 2.45) is 4.99 Å². The third-order valence-corrected chi connectivity index (χ3v) is 4.51. The van der Waals surface area contributed by atoms with Crippen LogP contribution >= 0.6 is 27.3 Å². The number of nitrogens with zero attached hydrogens (tertiary/aromatic N) is 2. The summed E-state index contributed by atoms with van der Waals surface area (Å²) in [5.41, 5.74) is 2.72.